The predicted molar refractivity (Wildman–Crippen MR) is 241 cm³/mol. The Labute approximate surface area is 346 Å². The first-order valence-corrected chi connectivity index (χ1v) is 23.5. The number of unbranched alkanes of at least 4 members (excludes halogenated alkanes) is 21. The highest BCUT2D eigenvalue weighted by molar-refractivity contribution is 5.77. The van der Waals surface area contributed by atoms with Crippen LogP contribution >= 0.6 is 0 Å². The lowest BCUT2D eigenvalue weighted by Crippen LogP contribution is -2.46. The van der Waals surface area contributed by atoms with Gasteiger partial charge in [-0.15, -0.1) is 0 Å². The minimum absolute atomic E-state index is 0.0580. The van der Waals surface area contributed by atoms with Crippen LogP contribution < -0.4 is 5.32 Å². The van der Waals surface area contributed by atoms with E-state index in [4.69, 9.17) is 4.74 Å². The minimum Gasteiger partial charge on any atom is -0.462 e. The van der Waals surface area contributed by atoms with Crippen LogP contribution in [0.1, 0.15) is 220 Å². The minimum atomic E-state index is -0.795. The van der Waals surface area contributed by atoms with Crippen molar-refractivity contribution in [1.82, 2.24) is 5.32 Å². The van der Waals surface area contributed by atoms with Crippen LogP contribution in [0.4, 0.5) is 0 Å². The van der Waals surface area contributed by atoms with E-state index in [1.807, 2.05) is 0 Å². The molecule has 0 bridgehead atoms. The van der Waals surface area contributed by atoms with Crippen molar-refractivity contribution in [3.63, 3.8) is 0 Å². The Morgan fingerprint density at radius 1 is 0.554 bits per heavy atom. The van der Waals surface area contributed by atoms with Gasteiger partial charge < -0.3 is 20.3 Å². The van der Waals surface area contributed by atoms with Crippen molar-refractivity contribution in [2.75, 3.05) is 6.61 Å². The Kier molecular flexibility index (Phi) is 41.8. The third-order valence-electron chi connectivity index (χ3n) is 10.4. The van der Waals surface area contributed by atoms with Gasteiger partial charge in [-0.05, 0) is 70.6 Å². The van der Waals surface area contributed by atoms with Gasteiger partial charge in [0.1, 0.15) is 6.10 Å². The molecule has 56 heavy (non-hydrogen) atoms. The number of aliphatic hydroxyl groups is 2. The number of carbonyl (C=O) groups is 2. The summed E-state index contributed by atoms with van der Waals surface area (Å²) in [5.41, 5.74) is 0. The summed E-state index contributed by atoms with van der Waals surface area (Å²) in [7, 11) is 0. The summed E-state index contributed by atoms with van der Waals surface area (Å²) >= 11 is 0. The molecule has 0 aliphatic heterocycles. The molecule has 0 aliphatic carbocycles. The molecule has 0 fully saturated rings. The second-order valence-electron chi connectivity index (χ2n) is 15.8. The maximum absolute atomic E-state index is 13.1. The fourth-order valence-electron chi connectivity index (χ4n) is 6.88. The van der Waals surface area contributed by atoms with Crippen molar-refractivity contribution in [2.24, 2.45) is 0 Å². The average Bonchev–Trinajstić information content (AvgIpc) is 3.19. The molecule has 3 unspecified atom stereocenters. The van der Waals surface area contributed by atoms with Gasteiger partial charge in [-0.1, -0.05) is 197 Å². The predicted octanol–water partition coefficient (Wildman–Crippen LogP) is 13.7. The fraction of sp³-hybridized carbons (Fsp3) is 0.760. The Bertz CT molecular complexity index is 1010. The molecule has 0 spiro atoms. The number of amides is 1. The molecule has 0 heterocycles. The number of carbonyl (C=O) groups excluding carboxylic acids is 2. The molecule has 0 aromatic rings. The molecule has 6 nitrogen and oxygen atoms in total. The van der Waals surface area contributed by atoms with E-state index in [9.17, 15) is 19.8 Å². The molecule has 1 amide bonds. The number of hydrogen-bond acceptors (Lipinski definition) is 5. The van der Waals surface area contributed by atoms with E-state index in [0.29, 0.717) is 19.3 Å². The molecule has 3 atom stereocenters. The van der Waals surface area contributed by atoms with Crippen LogP contribution in [-0.2, 0) is 14.3 Å². The molecule has 0 aliphatic rings. The number of aliphatic hydroxyl groups excluding tert-OH is 2. The molecule has 0 saturated heterocycles. The van der Waals surface area contributed by atoms with E-state index in [1.165, 1.54) is 70.6 Å². The van der Waals surface area contributed by atoms with Crippen LogP contribution in [0.25, 0.3) is 0 Å². The second kappa shape index (κ2) is 43.7. The average molecular weight is 784 g/mol. The zero-order chi connectivity index (χ0) is 41.0. The number of ether oxygens (including phenoxy) is 1. The molecule has 0 rings (SSSR count). The molecule has 0 saturated carbocycles. The van der Waals surface area contributed by atoms with Gasteiger partial charge in [-0.25, -0.2) is 0 Å². The monoisotopic (exact) mass is 784 g/mol. The molecular weight excluding hydrogens is 695 g/mol. The largest absolute Gasteiger partial charge is 0.462 e. The first kappa shape index (κ1) is 53.6. The van der Waals surface area contributed by atoms with E-state index in [0.717, 1.165) is 103 Å². The highest BCUT2D eigenvalue weighted by Gasteiger charge is 2.24. The van der Waals surface area contributed by atoms with E-state index in [2.05, 4.69) is 86.8 Å². The summed E-state index contributed by atoms with van der Waals surface area (Å²) in [5, 5.41) is 23.7. The van der Waals surface area contributed by atoms with E-state index in [1.54, 1.807) is 0 Å². The second-order valence-corrected chi connectivity index (χ2v) is 15.8. The zero-order valence-corrected chi connectivity index (χ0v) is 36.8. The van der Waals surface area contributed by atoms with Gasteiger partial charge in [0, 0.05) is 6.42 Å². The van der Waals surface area contributed by atoms with Crippen LogP contribution in [0.2, 0.25) is 0 Å². The molecule has 3 N–H and O–H groups in total. The summed E-state index contributed by atoms with van der Waals surface area (Å²) < 4.78 is 5.89. The topological polar surface area (TPSA) is 95.9 Å². The number of rotatable bonds is 41. The smallest absolute Gasteiger partial charge is 0.306 e. The number of nitrogens with one attached hydrogen (secondary N) is 1. The van der Waals surface area contributed by atoms with Gasteiger partial charge in [0.05, 0.1) is 25.2 Å². The maximum Gasteiger partial charge on any atom is 0.306 e. The summed E-state index contributed by atoms with van der Waals surface area (Å²) in [6.07, 6.45) is 52.8. The summed E-state index contributed by atoms with van der Waals surface area (Å²) in [6, 6.07) is -0.710. The Hall–Kier alpha value is -2.44. The molecule has 0 aromatic carbocycles. The van der Waals surface area contributed by atoms with Crippen molar-refractivity contribution < 1.29 is 24.5 Å². The third-order valence-corrected chi connectivity index (χ3v) is 10.4. The van der Waals surface area contributed by atoms with E-state index >= 15 is 0 Å². The number of allylic oxidation sites excluding steroid dienone is 10. The molecule has 0 aromatic heterocycles. The first-order chi connectivity index (χ1) is 27.5. The lowest BCUT2D eigenvalue weighted by molar-refractivity contribution is -0.151. The van der Waals surface area contributed by atoms with Crippen molar-refractivity contribution in [3.05, 3.63) is 60.8 Å². The molecule has 324 valence electrons. The number of hydrogen-bond donors (Lipinski definition) is 3. The lowest BCUT2D eigenvalue weighted by atomic mass is 10.0. The first-order valence-electron chi connectivity index (χ1n) is 23.5. The van der Waals surface area contributed by atoms with Crippen LogP contribution in [-0.4, -0.2) is 46.9 Å². The lowest BCUT2D eigenvalue weighted by Gasteiger charge is -2.24. The van der Waals surface area contributed by atoms with Gasteiger partial charge in [-0.2, -0.15) is 0 Å². The van der Waals surface area contributed by atoms with Crippen LogP contribution in [0.15, 0.2) is 60.8 Å². The number of esters is 1. The van der Waals surface area contributed by atoms with Crippen molar-refractivity contribution in [2.45, 2.75) is 238 Å². The van der Waals surface area contributed by atoms with Gasteiger partial charge in [0.2, 0.25) is 5.91 Å². The summed E-state index contributed by atoms with van der Waals surface area (Å²) in [6.45, 7) is 6.22. The van der Waals surface area contributed by atoms with Gasteiger partial charge in [0.25, 0.3) is 0 Å². The van der Waals surface area contributed by atoms with Crippen molar-refractivity contribution in [1.29, 1.82) is 0 Å². The van der Waals surface area contributed by atoms with Crippen LogP contribution in [0.5, 0.6) is 0 Å². The SMILES string of the molecule is CC/C=C/C=C/C=C\CCCCCCCC(=O)OC(CCCCCCC/C=C/C/C=C/CC)CC(=O)NC(CO)C(O)CCCCCCCCCCCCCC. The Morgan fingerprint density at radius 2 is 1.05 bits per heavy atom. The third kappa shape index (κ3) is 38.4. The maximum atomic E-state index is 13.1. The van der Waals surface area contributed by atoms with Crippen molar-refractivity contribution in [3.8, 4) is 0 Å². The molecule has 0 radical (unpaired) electrons. The van der Waals surface area contributed by atoms with Crippen LogP contribution in [0.3, 0.4) is 0 Å². The quantitative estimate of drug-likeness (QED) is 0.0248. The van der Waals surface area contributed by atoms with Gasteiger partial charge in [0.15, 0.2) is 0 Å². The zero-order valence-electron chi connectivity index (χ0n) is 36.8. The van der Waals surface area contributed by atoms with Crippen molar-refractivity contribution >= 4 is 11.9 Å². The normalized spacial score (nSPS) is 13.9. The summed E-state index contributed by atoms with van der Waals surface area (Å²) in [5.74, 6) is -0.515. The fourth-order valence-corrected chi connectivity index (χ4v) is 6.88. The van der Waals surface area contributed by atoms with E-state index in [-0.39, 0.29) is 24.9 Å². The van der Waals surface area contributed by atoms with Gasteiger partial charge >= 0.3 is 5.97 Å². The standard InChI is InChI=1S/C50H89NO5/c1-4-7-10-13-16-19-22-25-28-31-34-37-40-43-50(55)56-46(41-38-35-32-29-26-23-20-17-14-11-8-5-2)44-49(54)51-47(45-52)48(53)42-39-36-33-30-27-24-21-18-15-12-9-6-3/h7-8,10-11,13,16-17,19-20,22,46-48,52-53H,4-6,9,12,14-15,18,21,23-45H2,1-3H3,(H,51,54)/b10-7+,11-8+,16-13+,20-17+,22-19-. The molecular formula is C50H89NO5. The Morgan fingerprint density at radius 3 is 1.64 bits per heavy atom. The van der Waals surface area contributed by atoms with Gasteiger partial charge in [-0.3, -0.25) is 9.59 Å². The highest BCUT2D eigenvalue weighted by atomic mass is 16.5. The summed E-state index contributed by atoms with van der Waals surface area (Å²) in [4.78, 5) is 26.0. The Balaban J connectivity index is 4.63. The van der Waals surface area contributed by atoms with Crippen LogP contribution in [0, 0.1) is 0 Å². The highest BCUT2D eigenvalue weighted by Crippen LogP contribution is 2.17. The van der Waals surface area contributed by atoms with E-state index < -0.39 is 18.2 Å². The molecule has 6 heteroatoms.